The van der Waals surface area contributed by atoms with E-state index in [0.29, 0.717) is 5.95 Å². The zero-order chi connectivity index (χ0) is 37.0. The summed E-state index contributed by atoms with van der Waals surface area (Å²) in [5, 5.41) is 10.2. The molecule has 0 amide bonds. The van der Waals surface area contributed by atoms with E-state index >= 15 is 0 Å². The molecule has 0 saturated carbocycles. The molecule has 11 aromatic rings. The molecule has 56 heavy (non-hydrogen) atoms. The van der Waals surface area contributed by atoms with Gasteiger partial charge in [-0.25, -0.2) is 14.5 Å². The van der Waals surface area contributed by atoms with E-state index in [1.807, 2.05) is 6.07 Å². The first-order chi connectivity index (χ1) is 27.8. The number of nitrogens with zero attached hydrogens (tertiary/aromatic N) is 5. The zero-order valence-corrected chi connectivity index (χ0v) is 30.3. The Morgan fingerprint density at radius 3 is 1.57 bits per heavy atom. The quantitative estimate of drug-likeness (QED) is 0.172. The van der Waals surface area contributed by atoms with Crippen molar-refractivity contribution in [3.8, 4) is 62.1 Å². The Morgan fingerprint density at radius 1 is 0.375 bits per heavy atom. The first kappa shape index (κ1) is 31.9. The second-order valence-corrected chi connectivity index (χ2v) is 14.1. The highest BCUT2D eigenvalue weighted by Gasteiger charge is 2.22. The highest BCUT2D eigenvalue weighted by Crippen LogP contribution is 2.42. The molecule has 5 heteroatoms. The van der Waals surface area contributed by atoms with Gasteiger partial charge in [-0.15, -0.1) is 0 Å². The predicted molar refractivity (Wildman–Crippen MR) is 230 cm³/mol. The summed E-state index contributed by atoms with van der Waals surface area (Å²) in [5.74, 6) is 0.626. The molecule has 0 N–H and O–H groups in total. The van der Waals surface area contributed by atoms with Crippen molar-refractivity contribution in [3.05, 3.63) is 200 Å². The van der Waals surface area contributed by atoms with E-state index in [1.165, 1.54) is 16.2 Å². The summed E-state index contributed by atoms with van der Waals surface area (Å²) in [5.41, 5.74) is 13.2. The van der Waals surface area contributed by atoms with Crippen molar-refractivity contribution in [3.63, 3.8) is 0 Å². The summed E-state index contributed by atoms with van der Waals surface area (Å²) >= 11 is 0. The first-order valence-electron chi connectivity index (χ1n) is 18.9. The molecule has 262 valence electrons. The van der Waals surface area contributed by atoms with Gasteiger partial charge in [0.2, 0.25) is 5.95 Å². The summed E-state index contributed by atoms with van der Waals surface area (Å²) in [6, 6.07) is 70.1. The maximum atomic E-state index is 5.49. The molecule has 0 unspecified atom stereocenters. The van der Waals surface area contributed by atoms with Crippen molar-refractivity contribution in [1.29, 1.82) is 0 Å². The lowest BCUT2D eigenvalue weighted by atomic mass is 9.96. The minimum atomic E-state index is 0.626. The Morgan fingerprint density at radius 2 is 0.893 bits per heavy atom. The lowest BCUT2D eigenvalue weighted by Gasteiger charge is -2.12. The average Bonchev–Trinajstić information content (AvgIpc) is 3.85. The summed E-state index contributed by atoms with van der Waals surface area (Å²) in [7, 11) is 0. The molecule has 0 fully saturated rings. The number of benzene rings is 7. The van der Waals surface area contributed by atoms with Crippen LogP contribution >= 0.6 is 0 Å². The van der Waals surface area contributed by atoms with Gasteiger partial charge in [0.1, 0.15) is 5.69 Å². The van der Waals surface area contributed by atoms with Crippen LogP contribution in [0.5, 0.6) is 0 Å². The summed E-state index contributed by atoms with van der Waals surface area (Å²) in [6.45, 7) is 0. The molecule has 0 spiro atoms. The topological polar surface area (TPSA) is 48.0 Å². The van der Waals surface area contributed by atoms with Gasteiger partial charge in [-0.3, -0.25) is 4.57 Å². The van der Waals surface area contributed by atoms with Gasteiger partial charge < -0.3 is 0 Å². The largest absolute Gasteiger partial charge is 0.278 e. The van der Waals surface area contributed by atoms with Crippen LogP contribution in [0.2, 0.25) is 0 Å². The molecule has 0 radical (unpaired) electrons. The van der Waals surface area contributed by atoms with Crippen molar-refractivity contribution in [2.45, 2.75) is 0 Å². The van der Waals surface area contributed by atoms with Crippen LogP contribution in [-0.4, -0.2) is 24.1 Å². The smallest absolute Gasteiger partial charge is 0.235 e. The van der Waals surface area contributed by atoms with E-state index in [9.17, 15) is 0 Å². The number of pyridine rings is 1. The highest BCUT2D eigenvalue weighted by atomic mass is 15.2. The van der Waals surface area contributed by atoms with Crippen molar-refractivity contribution in [2.24, 2.45) is 0 Å². The van der Waals surface area contributed by atoms with Crippen LogP contribution in [0.4, 0.5) is 0 Å². The average molecular weight is 716 g/mol. The van der Waals surface area contributed by atoms with E-state index in [0.717, 1.165) is 78.1 Å². The lowest BCUT2D eigenvalue weighted by Crippen LogP contribution is -2.04. The van der Waals surface area contributed by atoms with Gasteiger partial charge >= 0.3 is 0 Å². The predicted octanol–water partition coefficient (Wildman–Crippen LogP) is 12.7. The van der Waals surface area contributed by atoms with Gasteiger partial charge in [-0.1, -0.05) is 170 Å². The molecule has 0 aliphatic rings. The van der Waals surface area contributed by atoms with Gasteiger partial charge in [0.05, 0.1) is 33.6 Å². The van der Waals surface area contributed by atoms with Crippen LogP contribution in [0.1, 0.15) is 0 Å². The molecule has 7 aromatic carbocycles. The molecule has 0 atom stereocenters. The van der Waals surface area contributed by atoms with Crippen molar-refractivity contribution in [2.75, 3.05) is 0 Å². The molecule has 0 aliphatic carbocycles. The Labute approximate surface area is 323 Å². The maximum absolute atomic E-state index is 5.49. The van der Waals surface area contributed by atoms with E-state index in [1.54, 1.807) is 0 Å². The van der Waals surface area contributed by atoms with Crippen LogP contribution in [0.15, 0.2) is 200 Å². The third kappa shape index (κ3) is 5.21. The minimum Gasteiger partial charge on any atom is -0.278 e. The number of hydrogen-bond acceptors (Lipinski definition) is 3. The Kier molecular flexibility index (Phi) is 7.42. The summed E-state index contributed by atoms with van der Waals surface area (Å²) in [6.07, 6.45) is 0. The fraction of sp³-hybridized carbons (Fsp3) is 0. The monoisotopic (exact) mass is 715 g/mol. The zero-order valence-electron chi connectivity index (χ0n) is 30.3. The van der Waals surface area contributed by atoms with Gasteiger partial charge in [-0.2, -0.15) is 5.10 Å². The third-order valence-corrected chi connectivity index (χ3v) is 10.7. The van der Waals surface area contributed by atoms with Crippen LogP contribution < -0.4 is 0 Å². The fourth-order valence-electron chi connectivity index (χ4n) is 8.19. The summed E-state index contributed by atoms with van der Waals surface area (Å²) < 4.78 is 4.33. The van der Waals surface area contributed by atoms with E-state index in [4.69, 9.17) is 15.1 Å². The molecular weight excluding hydrogens is 683 g/mol. The Balaban J connectivity index is 1.17. The Hall–Kier alpha value is -7.63. The molecule has 11 rings (SSSR count). The second kappa shape index (κ2) is 13.0. The molecular formula is C51H33N5. The second-order valence-electron chi connectivity index (χ2n) is 14.1. The molecule has 4 heterocycles. The molecule has 0 aliphatic heterocycles. The van der Waals surface area contributed by atoms with Crippen LogP contribution in [0, 0.1) is 0 Å². The molecule has 0 bridgehead atoms. The van der Waals surface area contributed by atoms with Crippen molar-refractivity contribution < 1.29 is 0 Å². The van der Waals surface area contributed by atoms with Crippen LogP contribution in [0.3, 0.4) is 0 Å². The van der Waals surface area contributed by atoms with E-state index in [2.05, 4.69) is 203 Å². The number of rotatable bonds is 6. The van der Waals surface area contributed by atoms with Crippen LogP contribution in [-0.2, 0) is 0 Å². The van der Waals surface area contributed by atoms with Gasteiger partial charge in [0.25, 0.3) is 0 Å². The van der Waals surface area contributed by atoms with Gasteiger partial charge in [0.15, 0.2) is 0 Å². The van der Waals surface area contributed by atoms with Crippen molar-refractivity contribution in [1.82, 2.24) is 24.1 Å². The number of fused-ring (bicyclic) bond motifs is 6. The SMILES string of the molecule is c1ccc(-c2cc(-c3cccc(-c4nn5c(-c6ccccc6)cc6ccccc6c5c4-c4ccccc4)c3)nc(-n3c4ccccc4c4ccccc43)n2)cc1. The van der Waals surface area contributed by atoms with E-state index in [-0.39, 0.29) is 0 Å². The maximum Gasteiger partial charge on any atom is 0.235 e. The first-order valence-corrected chi connectivity index (χ1v) is 18.9. The number of aromatic nitrogens is 5. The summed E-state index contributed by atoms with van der Waals surface area (Å²) in [4.78, 5) is 10.6. The lowest BCUT2D eigenvalue weighted by molar-refractivity contribution is 0.979. The molecule has 0 saturated heterocycles. The molecule has 5 nitrogen and oxygen atoms in total. The minimum absolute atomic E-state index is 0.626. The van der Waals surface area contributed by atoms with Crippen molar-refractivity contribution >= 4 is 38.1 Å². The normalized spacial score (nSPS) is 11.6. The number of hydrogen-bond donors (Lipinski definition) is 0. The standard InChI is InChI=1S/C51H33N5/c1-4-17-34(18-5-1)43-33-44(53-51(52-43)55-45-29-14-12-27-41(45)42-28-13-15-30-46(42)55)38-24-16-25-39(31-38)49-48(36-21-8-3-9-22-36)50-40-26-11-10-23-37(40)32-47(56(50)54-49)35-19-6-2-7-20-35/h1-33H. The third-order valence-electron chi connectivity index (χ3n) is 10.7. The highest BCUT2D eigenvalue weighted by molar-refractivity contribution is 6.10. The van der Waals surface area contributed by atoms with Crippen LogP contribution in [0.25, 0.3) is 100 Å². The fourth-order valence-corrected chi connectivity index (χ4v) is 8.19. The number of para-hydroxylation sites is 2. The van der Waals surface area contributed by atoms with Gasteiger partial charge in [0, 0.05) is 44.0 Å². The van der Waals surface area contributed by atoms with E-state index < -0.39 is 0 Å². The van der Waals surface area contributed by atoms with Gasteiger partial charge in [-0.05, 0) is 41.3 Å². The Bertz CT molecular complexity index is 3180. The molecule has 4 aromatic heterocycles.